The van der Waals surface area contributed by atoms with E-state index in [0.717, 1.165) is 18.5 Å². The lowest BCUT2D eigenvalue weighted by Gasteiger charge is -2.27. The van der Waals surface area contributed by atoms with Gasteiger partial charge in [0.1, 0.15) is 0 Å². The van der Waals surface area contributed by atoms with Crippen molar-refractivity contribution in [1.29, 1.82) is 0 Å². The Hall–Kier alpha value is -0.890. The Morgan fingerprint density at radius 1 is 1.40 bits per heavy atom. The molecule has 0 fully saturated rings. The topological polar surface area (TPSA) is 38.0 Å². The van der Waals surface area contributed by atoms with Crippen molar-refractivity contribution in [3.8, 4) is 0 Å². The van der Waals surface area contributed by atoms with Crippen molar-refractivity contribution < 1.29 is 0 Å². The molecule has 0 aliphatic rings. The van der Waals surface area contributed by atoms with Crippen molar-refractivity contribution in [3.05, 3.63) is 23.2 Å². The Labute approximate surface area is 96.8 Å². The van der Waals surface area contributed by atoms with E-state index in [1.807, 2.05) is 12.1 Å². The zero-order valence-corrected chi connectivity index (χ0v) is 10.4. The normalized spacial score (nSPS) is 11.5. The molecule has 15 heavy (non-hydrogen) atoms. The van der Waals surface area contributed by atoms with Crippen LogP contribution in [-0.4, -0.2) is 5.54 Å². The smallest absolute Gasteiger partial charge is 0.0658 e. The minimum absolute atomic E-state index is 0.0640. The lowest BCUT2D eigenvalue weighted by Crippen LogP contribution is -2.30. The van der Waals surface area contributed by atoms with Crippen molar-refractivity contribution >= 4 is 23.0 Å². The van der Waals surface area contributed by atoms with Gasteiger partial charge >= 0.3 is 0 Å². The number of hydrogen-bond acceptors (Lipinski definition) is 2. The van der Waals surface area contributed by atoms with Crippen LogP contribution in [0.25, 0.3) is 0 Å². The van der Waals surface area contributed by atoms with Crippen LogP contribution in [0.4, 0.5) is 11.4 Å². The number of nitrogen functional groups attached to an aromatic ring is 1. The maximum Gasteiger partial charge on any atom is 0.0658 e. The number of rotatable bonds is 4. The minimum Gasteiger partial charge on any atom is -0.399 e. The fourth-order valence-electron chi connectivity index (χ4n) is 1.68. The molecule has 84 valence electrons. The Bertz CT molecular complexity index is 334. The number of hydrogen-bond donors (Lipinski definition) is 2. The molecule has 3 heteroatoms. The maximum absolute atomic E-state index is 6.09. The van der Waals surface area contributed by atoms with E-state index in [1.165, 1.54) is 0 Å². The van der Waals surface area contributed by atoms with Gasteiger partial charge in [0, 0.05) is 11.2 Å². The first-order chi connectivity index (χ1) is 6.94. The molecule has 1 rings (SSSR count). The molecule has 1 aromatic rings. The van der Waals surface area contributed by atoms with Crippen LogP contribution in [0.2, 0.25) is 5.02 Å². The Balaban J connectivity index is 2.80. The van der Waals surface area contributed by atoms with Gasteiger partial charge in [0.05, 0.1) is 10.7 Å². The summed E-state index contributed by atoms with van der Waals surface area (Å²) in [5, 5.41) is 4.11. The van der Waals surface area contributed by atoms with Gasteiger partial charge in [0.25, 0.3) is 0 Å². The summed E-state index contributed by atoms with van der Waals surface area (Å²) >= 11 is 6.09. The third kappa shape index (κ3) is 3.63. The highest BCUT2D eigenvalue weighted by atomic mass is 35.5. The number of halogens is 1. The molecule has 0 bridgehead atoms. The van der Waals surface area contributed by atoms with Crippen LogP contribution >= 0.6 is 11.6 Å². The zero-order chi connectivity index (χ0) is 11.5. The second-order valence-corrected chi connectivity index (χ2v) is 4.91. The number of nitrogens with two attached hydrogens (primary N) is 1. The maximum atomic E-state index is 6.09. The van der Waals surface area contributed by atoms with Crippen LogP contribution < -0.4 is 11.1 Å². The molecule has 0 unspecified atom stereocenters. The third-order valence-electron chi connectivity index (χ3n) is 2.34. The summed E-state index contributed by atoms with van der Waals surface area (Å²) in [5.41, 5.74) is 7.34. The van der Waals surface area contributed by atoms with Crippen molar-refractivity contribution in [3.63, 3.8) is 0 Å². The summed E-state index contributed by atoms with van der Waals surface area (Å²) in [6.07, 6.45) is 2.25. The highest BCUT2D eigenvalue weighted by molar-refractivity contribution is 6.33. The Kier molecular flexibility index (Phi) is 3.86. The zero-order valence-electron chi connectivity index (χ0n) is 9.60. The van der Waals surface area contributed by atoms with Gasteiger partial charge < -0.3 is 11.1 Å². The first-order valence-corrected chi connectivity index (χ1v) is 5.65. The lowest BCUT2D eigenvalue weighted by molar-refractivity contribution is 0.511. The van der Waals surface area contributed by atoms with Gasteiger partial charge in [-0.3, -0.25) is 0 Å². The van der Waals surface area contributed by atoms with Gasteiger partial charge in [0.2, 0.25) is 0 Å². The molecule has 0 aromatic heterocycles. The quantitative estimate of drug-likeness (QED) is 0.764. The van der Waals surface area contributed by atoms with E-state index < -0.39 is 0 Å². The molecule has 3 N–H and O–H groups in total. The summed E-state index contributed by atoms with van der Waals surface area (Å²) in [4.78, 5) is 0. The Morgan fingerprint density at radius 2 is 2.07 bits per heavy atom. The third-order valence-corrected chi connectivity index (χ3v) is 2.65. The molecule has 1 aromatic carbocycles. The van der Waals surface area contributed by atoms with Gasteiger partial charge in [-0.1, -0.05) is 24.9 Å². The summed E-state index contributed by atoms with van der Waals surface area (Å²) in [6, 6.07) is 5.55. The highest BCUT2D eigenvalue weighted by Gasteiger charge is 2.16. The predicted octanol–water partition coefficient (Wildman–Crippen LogP) is 3.91. The van der Waals surface area contributed by atoms with E-state index in [0.29, 0.717) is 10.7 Å². The van der Waals surface area contributed by atoms with E-state index in [2.05, 4.69) is 26.1 Å². The number of anilines is 2. The van der Waals surface area contributed by atoms with Gasteiger partial charge in [-0.25, -0.2) is 0 Å². The fraction of sp³-hybridized carbons (Fsp3) is 0.500. The molecular formula is C12H19ClN2. The molecule has 0 aliphatic heterocycles. The van der Waals surface area contributed by atoms with E-state index >= 15 is 0 Å². The van der Waals surface area contributed by atoms with Gasteiger partial charge in [-0.05, 0) is 38.5 Å². The second kappa shape index (κ2) is 4.75. The molecule has 0 spiro atoms. The molecule has 0 aliphatic carbocycles. The van der Waals surface area contributed by atoms with Crippen LogP contribution in [0, 0.1) is 0 Å². The van der Waals surface area contributed by atoms with Crippen molar-refractivity contribution in [2.45, 2.75) is 39.2 Å². The van der Waals surface area contributed by atoms with Crippen molar-refractivity contribution in [1.82, 2.24) is 0 Å². The standard InChI is InChI=1S/C12H19ClN2/c1-4-7-12(2,3)15-11-6-5-9(14)8-10(11)13/h5-6,8,15H,4,7,14H2,1-3H3. The summed E-state index contributed by atoms with van der Waals surface area (Å²) in [6.45, 7) is 6.51. The fourth-order valence-corrected chi connectivity index (χ4v) is 1.92. The average Bonchev–Trinajstić information content (AvgIpc) is 2.09. The van der Waals surface area contributed by atoms with E-state index in [1.54, 1.807) is 6.07 Å². The monoisotopic (exact) mass is 226 g/mol. The van der Waals surface area contributed by atoms with Crippen LogP contribution in [0.1, 0.15) is 33.6 Å². The predicted molar refractivity (Wildman–Crippen MR) is 68.5 cm³/mol. The van der Waals surface area contributed by atoms with Crippen molar-refractivity contribution in [2.24, 2.45) is 0 Å². The molecule has 0 heterocycles. The summed E-state index contributed by atoms with van der Waals surface area (Å²) in [7, 11) is 0. The van der Waals surface area contributed by atoms with Crippen LogP contribution in [0.5, 0.6) is 0 Å². The average molecular weight is 227 g/mol. The second-order valence-electron chi connectivity index (χ2n) is 4.50. The molecular weight excluding hydrogens is 208 g/mol. The molecule has 0 saturated carbocycles. The molecule has 0 saturated heterocycles. The van der Waals surface area contributed by atoms with E-state index in [-0.39, 0.29) is 5.54 Å². The molecule has 0 atom stereocenters. The minimum atomic E-state index is 0.0640. The highest BCUT2D eigenvalue weighted by Crippen LogP contribution is 2.28. The molecule has 0 amide bonds. The SMILES string of the molecule is CCCC(C)(C)Nc1ccc(N)cc1Cl. The van der Waals surface area contributed by atoms with E-state index in [9.17, 15) is 0 Å². The first kappa shape index (κ1) is 12.2. The van der Waals surface area contributed by atoms with Gasteiger partial charge in [0.15, 0.2) is 0 Å². The first-order valence-electron chi connectivity index (χ1n) is 5.28. The summed E-state index contributed by atoms with van der Waals surface area (Å²) < 4.78 is 0. The van der Waals surface area contributed by atoms with Crippen LogP contribution in [0.3, 0.4) is 0 Å². The number of benzene rings is 1. The Morgan fingerprint density at radius 3 is 2.60 bits per heavy atom. The van der Waals surface area contributed by atoms with Crippen molar-refractivity contribution in [2.75, 3.05) is 11.1 Å². The lowest BCUT2D eigenvalue weighted by atomic mass is 9.98. The van der Waals surface area contributed by atoms with E-state index in [4.69, 9.17) is 17.3 Å². The molecule has 0 radical (unpaired) electrons. The van der Waals surface area contributed by atoms with Gasteiger partial charge in [-0.15, -0.1) is 0 Å². The molecule has 2 nitrogen and oxygen atoms in total. The number of nitrogens with one attached hydrogen (secondary N) is 1. The van der Waals surface area contributed by atoms with Gasteiger partial charge in [-0.2, -0.15) is 0 Å². The largest absolute Gasteiger partial charge is 0.399 e. The summed E-state index contributed by atoms with van der Waals surface area (Å²) in [5.74, 6) is 0. The van der Waals surface area contributed by atoms with Crippen LogP contribution in [-0.2, 0) is 0 Å². The van der Waals surface area contributed by atoms with Crippen LogP contribution in [0.15, 0.2) is 18.2 Å².